The van der Waals surface area contributed by atoms with Gasteiger partial charge >= 0.3 is 0 Å². The van der Waals surface area contributed by atoms with Gasteiger partial charge in [0.05, 0.1) is 29.7 Å². The van der Waals surface area contributed by atoms with Gasteiger partial charge in [-0.3, -0.25) is 4.90 Å². The number of halogens is 2. The fourth-order valence-electron chi connectivity index (χ4n) is 5.12. The third kappa shape index (κ3) is 5.88. The van der Waals surface area contributed by atoms with Crippen molar-refractivity contribution in [3.63, 3.8) is 0 Å². The molecule has 200 valence electrons. The Hall–Kier alpha value is -3.58. The average Bonchev–Trinajstić information content (AvgIpc) is 3.25. The molecule has 10 heteroatoms. The van der Waals surface area contributed by atoms with Gasteiger partial charge in [-0.15, -0.1) is 4.98 Å². The molecule has 0 saturated carbocycles. The zero-order valence-electron chi connectivity index (χ0n) is 21.4. The van der Waals surface area contributed by atoms with Crippen LogP contribution in [0.25, 0.3) is 15.9 Å². The number of fused-ring (bicyclic) bond motifs is 1. The average molecular weight is 547 g/mol. The van der Waals surface area contributed by atoms with Gasteiger partial charge in [0, 0.05) is 37.9 Å². The normalized spacial score (nSPS) is 18.1. The summed E-state index contributed by atoms with van der Waals surface area (Å²) in [6, 6.07) is 12.3. The SMILES string of the molecule is [C-]#[N+]c1cc2nc(CN3CCC(Oc4cccc(Cc5ccc(Cl)c(F)c5)n4)CC3)n(C[C@@H]3CCO3)c2cn1. The number of imidazole rings is 1. The summed E-state index contributed by atoms with van der Waals surface area (Å²) in [5.41, 5.74) is 3.37. The van der Waals surface area contributed by atoms with E-state index in [4.69, 9.17) is 32.6 Å². The molecule has 3 aromatic heterocycles. The van der Waals surface area contributed by atoms with Gasteiger partial charge in [-0.05, 0) is 49.1 Å². The van der Waals surface area contributed by atoms with Crippen LogP contribution < -0.4 is 4.74 Å². The molecule has 1 atom stereocenters. The van der Waals surface area contributed by atoms with Crippen LogP contribution in [0.2, 0.25) is 5.02 Å². The van der Waals surface area contributed by atoms with Crippen LogP contribution in [0.1, 0.15) is 36.3 Å². The molecule has 0 aliphatic carbocycles. The van der Waals surface area contributed by atoms with Crippen LogP contribution in [-0.4, -0.2) is 56.3 Å². The summed E-state index contributed by atoms with van der Waals surface area (Å²) < 4.78 is 27.9. The zero-order chi connectivity index (χ0) is 26.8. The Bertz CT molecular complexity index is 1520. The molecule has 4 aromatic rings. The summed E-state index contributed by atoms with van der Waals surface area (Å²) in [7, 11) is 0. The predicted molar refractivity (Wildman–Crippen MR) is 146 cm³/mol. The largest absolute Gasteiger partial charge is 0.474 e. The Morgan fingerprint density at radius 3 is 2.72 bits per heavy atom. The zero-order valence-corrected chi connectivity index (χ0v) is 22.1. The molecule has 0 N–H and O–H groups in total. The minimum Gasteiger partial charge on any atom is -0.474 e. The van der Waals surface area contributed by atoms with Crippen LogP contribution in [0.15, 0.2) is 48.7 Å². The van der Waals surface area contributed by atoms with E-state index < -0.39 is 5.82 Å². The van der Waals surface area contributed by atoms with Crippen LogP contribution >= 0.6 is 11.6 Å². The number of pyridine rings is 2. The molecule has 2 fully saturated rings. The lowest BCUT2D eigenvalue weighted by molar-refractivity contribution is -0.0592. The third-order valence-corrected chi connectivity index (χ3v) is 7.64. The van der Waals surface area contributed by atoms with E-state index in [2.05, 4.69) is 24.3 Å². The topological polar surface area (TPSA) is 69.7 Å². The van der Waals surface area contributed by atoms with Crippen molar-refractivity contribution in [3.8, 4) is 5.88 Å². The van der Waals surface area contributed by atoms with Crippen molar-refractivity contribution in [1.82, 2.24) is 24.4 Å². The summed E-state index contributed by atoms with van der Waals surface area (Å²) in [5, 5.41) is 0.117. The van der Waals surface area contributed by atoms with E-state index in [1.54, 1.807) is 18.3 Å². The Labute approximate surface area is 231 Å². The number of nitrogens with zero attached hydrogens (tertiary/aromatic N) is 6. The number of piperidine rings is 1. The highest BCUT2D eigenvalue weighted by atomic mass is 35.5. The predicted octanol–water partition coefficient (Wildman–Crippen LogP) is 5.59. The minimum atomic E-state index is -0.426. The smallest absolute Gasteiger partial charge is 0.271 e. The Balaban J connectivity index is 1.08. The number of aromatic nitrogens is 4. The van der Waals surface area contributed by atoms with E-state index in [0.717, 1.165) is 73.6 Å². The minimum absolute atomic E-state index is 0.0737. The Morgan fingerprint density at radius 2 is 1.97 bits per heavy atom. The fraction of sp³-hybridized carbons (Fsp3) is 0.379. The van der Waals surface area contributed by atoms with Gasteiger partial charge < -0.3 is 18.9 Å². The van der Waals surface area contributed by atoms with Crippen LogP contribution in [0.3, 0.4) is 0 Å². The lowest BCUT2D eigenvalue weighted by Crippen LogP contribution is -2.39. The second-order valence-corrected chi connectivity index (χ2v) is 10.5. The van der Waals surface area contributed by atoms with Crippen molar-refractivity contribution in [2.75, 3.05) is 19.7 Å². The number of ether oxygens (including phenoxy) is 2. The van der Waals surface area contributed by atoms with Gasteiger partial charge in [-0.2, -0.15) is 0 Å². The highest BCUT2D eigenvalue weighted by Crippen LogP contribution is 2.26. The molecule has 0 unspecified atom stereocenters. The van der Waals surface area contributed by atoms with Crippen LogP contribution in [-0.2, 0) is 24.2 Å². The van der Waals surface area contributed by atoms with E-state index in [9.17, 15) is 4.39 Å². The van der Waals surface area contributed by atoms with E-state index in [0.29, 0.717) is 24.7 Å². The van der Waals surface area contributed by atoms with Crippen molar-refractivity contribution >= 4 is 28.5 Å². The molecule has 2 saturated heterocycles. The molecular weight excluding hydrogens is 519 g/mol. The first-order valence-electron chi connectivity index (χ1n) is 13.2. The number of hydrogen-bond donors (Lipinski definition) is 0. The first kappa shape index (κ1) is 25.7. The van der Waals surface area contributed by atoms with Gasteiger partial charge in [0.25, 0.3) is 5.82 Å². The molecule has 0 radical (unpaired) electrons. The van der Waals surface area contributed by atoms with Gasteiger partial charge in [0.2, 0.25) is 5.88 Å². The molecular formula is C29H28ClFN6O2. The molecule has 1 aromatic carbocycles. The number of rotatable bonds is 8. The standard InChI is InChI=1S/C29H28ClFN6O2/c1-32-27-15-25-26(16-33-27)37(17-22-9-12-38-22)28(35-25)18-36-10-7-21(8-11-36)39-29-4-2-3-20(34-29)13-19-5-6-23(30)24(31)14-19/h2-6,14-16,21-22H,7-13,17-18H2/t22-/m0/s1. The van der Waals surface area contributed by atoms with Crippen molar-refractivity contribution in [1.29, 1.82) is 0 Å². The first-order chi connectivity index (χ1) is 19.0. The maximum Gasteiger partial charge on any atom is 0.271 e. The summed E-state index contributed by atoms with van der Waals surface area (Å²) in [5.74, 6) is 1.49. The van der Waals surface area contributed by atoms with E-state index in [-0.39, 0.29) is 17.2 Å². The third-order valence-electron chi connectivity index (χ3n) is 7.33. The summed E-state index contributed by atoms with van der Waals surface area (Å²) >= 11 is 5.80. The lowest BCUT2D eigenvalue weighted by Gasteiger charge is -2.32. The lowest BCUT2D eigenvalue weighted by atomic mass is 10.1. The molecule has 0 spiro atoms. The molecule has 2 aliphatic heterocycles. The van der Waals surface area contributed by atoms with Crippen molar-refractivity contribution in [3.05, 3.63) is 88.0 Å². The van der Waals surface area contributed by atoms with Crippen LogP contribution in [0.4, 0.5) is 10.2 Å². The van der Waals surface area contributed by atoms with Crippen LogP contribution in [0.5, 0.6) is 5.88 Å². The molecule has 5 heterocycles. The molecule has 6 rings (SSSR count). The molecule has 0 bridgehead atoms. The molecule has 2 aliphatic rings. The summed E-state index contributed by atoms with van der Waals surface area (Å²) in [6.45, 7) is 11.3. The second kappa shape index (κ2) is 11.3. The maximum absolute atomic E-state index is 13.8. The molecule has 0 amide bonds. The Morgan fingerprint density at radius 1 is 1.13 bits per heavy atom. The highest BCUT2D eigenvalue weighted by molar-refractivity contribution is 6.30. The quantitative estimate of drug-likeness (QED) is 0.268. The van der Waals surface area contributed by atoms with Gasteiger partial charge in [-0.1, -0.05) is 30.3 Å². The summed E-state index contributed by atoms with van der Waals surface area (Å²) in [4.78, 5) is 19.6. The monoisotopic (exact) mass is 546 g/mol. The van der Waals surface area contributed by atoms with Crippen molar-refractivity contribution in [2.45, 2.75) is 51.0 Å². The molecule has 39 heavy (non-hydrogen) atoms. The van der Waals surface area contributed by atoms with Gasteiger partial charge in [-0.25, -0.2) is 14.4 Å². The van der Waals surface area contributed by atoms with E-state index in [1.807, 2.05) is 24.3 Å². The van der Waals surface area contributed by atoms with E-state index >= 15 is 0 Å². The Kier molecular flexibility index (Phi) is 7.42. The molecule has 8 nitrogen and oxygen atoms in total. The highest BCUT2D eigenvalue weighted by Gasteiger charge is 2.26. The number of likely N-dealkylation sites (tertiary alicyclic amines) is 1. The van der Waals surface area contributed by atoms with Crippen molar-refractivity contribution < 1.29 is 13.9 Å². The van der Waals surface area contributed by atoms with E-state index in [1.165, 1.54) is 6.07 Å². The first-order valence-corrected chi connectivity index (χ1v) is 13.5. The number of hydrogen-bond acceptors (Lipinski definition) is 6. The van der Waals surface area contributed by atoms with Gasteiger partial charge in [0.1, 0.15) is 29.5 Å². The maximum atomic E-state index is 13.8. The number of benzene rings is 1. The van der Waals surface area contributed by atoms with Crippen LogP contribution in [0, 0.1) is 12.4 Å². The second-order valence-electron chi connectivity index (χ2n) is 10.0. The summed E-state index contributed by atoms with van der Waals surface area (Å²) in [6.07, 6.45) is 5.33. The fourth-order valence-corrected chi connectivity index (χ4v) is 5.23. The van der Waals surface area contributed by atoms with Crippen molar-refractivity contribution in [2.24, 2.45) is 0 Å². The van der Waals surface area contributed by atoms with Gasteiger partial charge in [0.15, 0.2) is 0 Å².